The van der Waals surface area contributed by atoms with Crippen molar-refractivity contribution in [1.82, 2.24) is 5.32 Å². The first-order valence-electron chi connectivity index (χ1n) is 5.82. The van der Waals surface area contributed by atoms with Crippen molar-refractivity contribution in [3.05, 3.63) is 0 Å². The van der Waals surface area contributed by atoms with E-state index in [2.05, 4.69) is 5.32 Å². The summed E-state index contributed by atoms with van der Waals surface area (Å²) in [6.45, 7) is 1.89. The van der Waals surface area contributed by atoms with Gasteiger partial charge in [0.15, 0.2) is 0 Å². The minimum atomic E-state index is -0.363. The summed E-state index contributed by atoms with van der Waals surface area (Å²) >= 11 is 0. The maximum atomic E-state index is 11.5. The number of hydrogen-bond donors (Lipinski definition) is 3. The monoisotopic (exact) mass is 214 g/mol. The molecule has 4 nitrogen and oxygen atoms in total. The van der Waals surface area contributed by atoms with Crippen LogP contribution in [0.1, 0.15) is 45.4 Å². The third-order valence-electron chi connectivity index (χ3n) is 2.90. The van der Waals surface area contributed by atoms with E-state index in [-0.39, 0.29) is 24.1 Å². The molecule has 88 valence electrons. The summed E-state index contributed by atoms with van der Waals surface area (Å²) in [7, 11) is 0. The zero-order valence-electron chi connectivity index (χ0n) is 9.41. The van der Waals surface area contributed by atoms with Crippen molar-refractivity contribution < 1.29 is 9.90 Å². The summed E-state index contributed by atoms with van der Waals surface area (Å²) in [5.41, 5.74) is 5.57. The second-order valence-corrected chi connectivity index (χ2v) is 4.54. The SMILES string of the molecule is CC(N)CCC(=O)N[C@H]1CCCC[C@@H]1O. The standard InChI is InChI=1S/C11H22N2O2/c1-8(12)6-7-11(15)13-9-4-2-3-5-10(9)14/h8-10,14H,2-7,12H2,1H3,(H,13,15)/t8?,9-,10-/m0/s1. The van der Waals surface area contributed by atoms with Crippen LogP contribution in [0.5, 0.6) is 0 Å². The number of nitrogens with one attached hydrogen (secondary N) is 1. The van der Waals surface area contributed by atoms with Crippen LogP contribution in [0.4, 0.5) is 0 Å². The van der Waals surface area contributed by atoms with Crippen molar-refractivity contribution >= 4 is 5.91 Å². The van der Waals surface area contributed by atoms with Crippen molar-refractivity contribution in [2.24, 2.45) is 5.73 Å². The van der Waals surface area contributed by atoms with Gasteiger partial charge in [0, 0.05) is 12.5 Å². The topological polar surface area (TPSA) is 75.4 Å². The molecule has 4 N–H and O–H groups in total. The lowest BCUT2D eigenvalue weighted by molar-refractivity contribution is -0.123. The van der Waals surface area contributed by atoms with Crippen LogP contribution in [-0.4, -0.2) is 29.2 Å². The average molecular weight is 214 g/mol. The molecule has 1 amide bonds. The molecule has 1 rings (SSSR count). The van der Waals surface area contributed by atoms with Gasteiger partial charge in [-0.2, -0.15) is 0 Å². The Morgan fingerprint density at radius 3 is 2.80 bits per heavy atom. The highest BCUT2D eigenvalue weighted by Crippen LogP contribution is 2.18. The number of aliphatic hydroxyl groups is 1. The van der Waals surface area contributed by atoms with Crippen LogP contribution in [-0.2, 0) is 4.79 Å². The van der Waals surface area contributed by atoms with Gasteiger partial charge in [-0.3, -0.25) is 4.79 Å². The maximum absolute atomic E-state index is 11.5. The van der Waals surface area contributed by atoms with Crippen LogP contribution in [0.3, 0.4) is 0 Å². The summed E-state index contributed by atoms with van der Waals surface area (Å²) in [5.74, 6) is 0.0123. The highest BCUT2D eigenvalue weighted by molar-refractivity contribution is 5.76. The van der Waals surface area contributed by atoms with Gasteiger partial charge in [-0.15, -0.1) is 0 Å². The van der Waals surface area contributed by atoms with Gasteiger partial charge in [-0.05, 0) is 26.2 Å². The molecule has 0 heterocycles. The normalized spacial score (nSPS) is 28.5. The lowest BCUT2D eigenvalue weighted by Gasteiger charge is -2.28. The van der Waals surface area contributed by atoms with Crippen LogP contribution in [0.2, 0.25) is 0 Å². The van der Waals surface area contributed by atoms with E-state index in [1.807, 2.05) is 6.92 Å². The molecule has 0 saturated heterocycles. The van der Waals surface area contributed by atoms with Crippen LogP contribution in [0, 0.1) is 0 Å². The van der Waals surface area contributed by atoms with E-state index in [1.54, 1.807) is 0 Å². The van der Waals surface area contributed by atoms with E-state index in [0.29, 0.717) is 12.8 Å². The van der Waals surface area contributed by atoms with Crippen LogP contribution < -0.4 is 11.1 Å². The quantitative estimate of drug-likeness (QED) is 0.639. The van der Waals surface area contributed by atoms with Gasteiger partial charge in [0.2, 0.25) is 5.91 Å². The molecule has 0 radical (unpaired) electrons. The lowest BCUT2D eigenvalue weighted by Crippen LogP contribution is -2.45. The highest BCUT2D eigenvalue weighted by atomic mass is 16.3. The Labute approximate surface area is 91.2 Å². The van der Waals surface area contributed by atoms with Gasteiger partial charge >= 0.3 is 0 Å². The predicted molar refractivity (Wildman–Crippen MR) is 59.3 cm³/mol. The number of carbonyl (C=O) groups is 1. The van der Waals surface area contributed by atoms with E-state index in [1.165, 1.54) is 0 Å². The van der Waals surface area contributed by atoms with Crippen LogP contribution in [0.15, 0.2) is 0 Å². The predicted octanol–water partition coefficient (Wildman–Crippen LogP) is 0.533. The maximum Gasteiger partial charge on any atom is 0.220 e. The Balaban J connectivity index is 2.24. The fourth-order valence-corrected chi connectivity index (χ4v) is 1.92. The van der Waals surface area contributed by atoms with Crippen LogP contribution in [0.25, 0.3) is 0 Å². The van der Waals surface area contributed by atoms with Gasteiger partial charge in [0.05, 0.1) is 12.1 Å². The fourth-order valence-electron chi connectivity index (χ4n) is 1.92. The van der Waals surface area contributed by atoms with E-state index in [0.717, 1.165) is 25.7 Å². The number of hydrogen-bond acceptors (Lipinski definition) is 3. The van der Waals surface area contributed by atoms with Crippen molar-refractivity contribution in [2.75, 3.05) is 0 Å². The summed E-state index contributed by atoms with van der Waals surface area (Å²) in [4.78, 5) is 11.5. The summed E-state index contributed by atoms with van der Waals surface area (Å²) < 4.78 is 0. The molecule has 1 saturated carbocycles. The molecule has 1 fully saturated rings. The average Bonchev–Trinajstić information content (AvgIpc) is 2.18. The third-order valence-corrected chi connectivity index (χ3v) is 2.90. The Kier molecular flexibility index (Phi) is 5.05. The molecule has 3 atom stereocenters. The number of amides is 1. The van der Waals surface area contributed by atoms with Crippen molar-refractivity contribution in [2.45, 2.75) is 63.6 Å². The Hall–Kier alpha value is -0.610. The van der Waals surface area contributed by atoms with E-state index in [4.69, 9.17) is 5.73 Å². The van der Waals surface area contributed by atoms with E-state index >= 15 is 0 Å². The molecule has 15 heavy (non-hydrogen) atoms. The molecule has 1 aliphatic rings. The molecule has 0 bridgehead atoms. The number of nitrogens with two attached hydrogens (primary N) is 1. The van der Waals surface area contributed by atoms with Gasteiger partial charge < -0.3 is 16.2 Å². The Morgan fingerprint density at radius 2 is 2.20 bits per heavy atom. The first kappa shape index (κ1) is 12.5. The second kappa shape index (κ2) is 6.08. The summed E-state index contributed by atoms with van der Waals surface area (Å²) in [6, 6.07) is 0.0198. The molecule has 0 spiro atoms. The van der Waals surface area contributed by atoms with Crippen molar-refractivity contribution in [3.8, 4) is 0 Å². The van der Waals surface area contributed by atoms with Crippen molar-refractivity contribution in [3.63, 3.8) is 0 Å². The molecule has 0 aliphatic heterocycles. The molecule has 0 aromatic heterocycles. The lowest BCUT2D eigenvalue weighted by atomic mass is 9.92. The first-order valence-corrected chi connectivity index (χ1v) is 5.82. The smallest absolute Gasteiger partial charge is 0.220 e. The van der Waals surface area contributed by atoms with Gasteiger partial charge in [0.1, 0.15) is 0 Å². The zero-order chi connectivity index (χ0) is 11.3. The first-order chi connectivity index (χ1) is 7.09. The molecule has 1 unspecified atom stereocenters. The number of rotatable bonds is 4. The van der Waals surface area contributed by atoms with Gasteiger partial charge in [-0.1, -0.05) is 12.8 Å². The van der Waals surface area contributed by atoms with Crippen molar-refractivity contribution in [1.29, 1.82) is 0 Å². The Morgan fingerprint density at radius 1 is 1.53 bits per heavy atom. The molecular weight excluding hydrogens is 192 g/mol. The number of carbonyl (C=O) groups excluding carboxylic acids is 1. The van der Waals surface area contributed by atoms with Gasteiger partial charge in [0.25, 0.3) is 0 Å². The molecule has 4 heteroatoms. The van der Waals surface area contributed by atoms with E-state index < -0.39 is 0 Å². The minimum absolute atomic E-state index is 0.0123. The fraction of sp³-hybridized carbons (Fsp3) is 0.909. The zero-order valence-corrected chi connectivity index (χ0v) is 9.41. The van der Waals surface area contributed by atoms with E-state index in [9.17, 15) is 9.90 Å². The minimum Gasteiger partial charge on any atom is -0.391 e. The van der Waals surface area contributed by atoms with Crippen LogP contribution >= 0.6 is 0 Å². The largest absolute Gasteiger partial charge is 0.391 e. The molecule has 0 aromatic carbocycles. The molecule has 0 aromatic rings. The second-order valence-electron chi connectivity index (χ2n) is 4.54. The highest BCUT2D eigenvalue weighted by Gasteiger charge is 2.24. The Bertz CT molecular complexity index is 207. The van der Waals surface area contributed by atoms with Gasteiger partial charge in [-0.25, -0.2) is 0 Å². The summed E-state index contributed by atoms with van der Waals surface area (Å²) in [6.07, 6.45) is 4.65. The number of aliphatic hydroxyl groups excluding tert-OH is 1. The summed E-state index contributed by atoms with van der Waals surface area (Å²) in [5, 5.41) is 12.5. The molecule has 1 aliphatic carbocycles. The third kappa shape index (κ3) is 4.62. The molecular formula is C11H22N2O2.